The van der Waals surface area contributed by atoms with Gasteiger partial charge in [0.25, 0.3) is 5.91 Å². The second kappa shape index (κ2) is 9.98. The maximum Gasteiger partial charge on any atom is 0.253 e. The lowest BCUT2D eigenvalue weighted by Crippen LogP contribution is -2.59. The lowest BCUT2D eigenvalue weighted by molar-refractivity contribution is -0.141. The number of amides is 1. The number of aromatic nitrogens is 1. The van der Waals surface area contributed by atoms with Crippen molar-refractivity contribution in [2.45, 2.75) is 62.7 Å². The van der Waals surface area contributed by atoms with Crippen LogP contribution in [0.2, 0.25) is 0 Å². The lowest BCUT2D eigenvalue weighted by atomic mass is 9.88. The first kappa shape index (κ1) is 23.7. The van der Waals surface area contributed by atoms with Crippen molar-refractivity contribution in [2.75, 3.05) is 49.1 Å². The van der Waals surface area contributed by atoms with Crippen molar-refractivity contribution < 1.29 is 18.7 Å². The normalized spacial score (nSPS) is 23.6. The highest BCUT2D eigenvalue weighted by Crippen LogP contribution is 2.35. The van der Waals surface area contributed by atoms with Crippen LogP contribution in [0, 0.1) is 5.95 Å². The number of halogens is 1. The molecule has 2 aromatic rings. The summed E-state index contributed by atoms with van der Waals surface area (Å²) in [7, 11) is 0. The van der Waals surface area contributed by atoms with Crippen LogP contribution in [-0.2, 0) is 9.53 Å². The van der Waals surface area contributed by atoms with E-state index in [0.717, 1.165) is 63.7 Å². The molecule has 0 unspecified atom stereocenters. The fourth-order valence-electron chi connectivity index (χ4n) is 6.02. The second-order valence-electron chi connectivity index (χ2n) is 10.7. The van der Waals surface area contributed by atoms with E-state index in [1.165, 1.54) is 37.2 Å². The van der Waals surface area contributed by atoms with E-state index >= 15 is 0 Å². The summed E-state index contributed by atoms with van der Waals surface area (Å²) in [5.41, 5.74) is 1.32. The molecular weight excluding hydrogens is 459 g/mol. The van der Waals surface area contributed by atoms with Crippen LogP contribution < -0.4 is 14.5 Å². The average molecular weight is 495 g/mol. The van der Waals surface area contributed by atoms with Gasteiger partial charge < -0.3 is 24.2 Å². The fraction of sp³-hybridized carbons (Fsp3) is 0.571. The third-order valence-electron chi connectivity index (χ3n) is 8.52. The van der Waals surface area contributed by atoms with Crippen molar-refractivity contribution in [1.82, 2.24) is 9.88 Å². The Labute approximate surface area is 212 Å². The van der Waals surface area contributed by atoms with Crippen LogP contribution in [0.1, 0.15) is 44.9 Å². The molecule has 0 radical (unpaired) electrons. The van der Waals surface area contributed by atoms with Gasteiger partial charge in [0.1, 0.15) is 18.5 Å². The van der Waals surface area contributed by atoms with Gasteiger partial charge in [-0.15, -0.1) is 0 Å². The molecule has 0 N–H and O–H groups in total. The summed E-state index contributed by atoms with van der Waals surface area (Å²) in [5, 5.41) is 0. The Kier molecular flexibility index (Phi) is 6.56. The van der Waals surface area contributed by atoms with Gasteiger partial charge in [-0.3, -0.25) is 4.79 Å². The van der Waals surface area contributed by atoms with E-state index in [-0.39, 0.29) is 12.5 Å². The number of hydrogen-bond acceptors (Lipinski definition) is 6. The maximum atomic E-state index is 13.6. The number of benzene rings is 1. The van der Waals surface area contributed by atoms with Gasteiger partial charge in [0.2, 0.25) is 5.95 Å². The number of pyridine rings is 1. The van der Waals surface area contributed by atoms with Crippen LogP contribution in [0.3, 0.4) is 0 Å². The molecule has 1 aromatic carbocycles. The van der Waals surface area contributed by atoms with Crippen molar-refractivity contribution in [2.24, 2.45) is 0 Å². The second-order valence-corrected chi connectivity index (χ2v) is 10.7. The van der Waals surface area contributed by atoms with E-state index in [0.29, 0.717) is 18.3 Å². The van der Waals surface area contributed by atoms with Crippen LogP contribution >= 0.6 is 0 Å². The quantitative estimate of drug-likeness (QED) is 0.586. The van der Waals surface area contributed by atoms with Crippen molar-refractivity contribution >= 4 is 17.3 Å². The van der Waals surface area contributed by atoms with Gasteiger partial charge in [-0.2, -0.15) is 4.39 Å². The van der Waals surface area contributed by atoms with Crippen LogP contribution in [0.15, 0.2) is 42.6 Å². The minimum Gasteiger partial charge on any atom is -0.490 e. The Bertz CT molecular complexity index is 1060. The molecule has 4 fully saturated rings. The predicted octanol–water partition coefficient (Wildman–Crippen LogP) is 4.02. The van der Waals surface area contributed by atoms with Gasteiger partial charge in [-0.1, -0.05) is 6.42 Å². The van der Waals surface area contributed by atoms with Gasteiger partial charge in [0.15, 0.2) is 0 Å². The van der Waals surface area contributed by atoms with Gasteiger partial charge in [0.05, 0.1) is 12.1 Å². The van der Waals surface area contributed by atoms with Crippen molar-refractivity contribution in [1.29, 1.82) is 0 Å². The van der Waals surface area contributed by atoms with Crippen LogP contribution in [0.4, 0.5) is 15.8 Å². The molecule has 1 aliphatic carbocycles. The standard InChI is InChI=1S/C28H35FN4O3/c29-26-18-23(8-13-30-26)33-20-28(35-19-27(33)34)11-16-32(17-12-28)22-4-6-24(7-5-22)36-25-9-14-31(15-10-25)21-2-1-3-21/h4-8,13,18,21,25H,1-3,9-12,14-17,19-20H2. The zero-order valence-corrected chi connectivity index (χ0v) is 20.8. The summed E-state index contributed by atoms with van der Waals surface area (Å²) in [6.45, 7) is 4.46. The van der Waals surface area contributed by atoms with Crippen molar-refractivity contribution in [3.63, 3.8) is 0 Å². The molecule has 0 atom stereocenters. The monoisotopic (exact) mass is 494 g/mol. The molecule has 7 nitrogen and oxygen atoms in total. The third-order valence-corrected chi connectivity index (χ3v) is 8.52. The number of nitrogens with zero attached hydrogens (tertiary/aromatic N) is 4. The van der Waals surface area contributed by atoms with Crippen LogP contribution in [0.5, 0.6) is 5.75 Å². The van der Waals surface area contributed by atoms with E-state index < -0.39 is 11.5 Å². The van der Waals surface area contributed by atoms with Gasteiger partial charge in [-0.05, 0) is 68.9 Å². The molecule has 1 spiro atoms. The maximum absolute atomic E-state index is 13.6. The molecule has 36 heavy (non-hydrogen) atoms. The van der Waals surface area contributed by atoms with E-state index in [1.807, 2.05) is 0 Å². The number of morpholine rings is 1. The van der Waals surface area contributed by atoms with Gasteiger partial charge >= 0.3 is 0 Å². The SMILES string of the molecule is O=C1COC2(CCN(c3ccc(OC4CCN(C5CCC5)CC4)cc3)CC2)CN1c1ccnc(F)c1. The van der Waals surface area contributed by atoms with E-state index in [2.05, 4.69) is 39.0 Å². The minimum atomic E-state index is -0.581. The molecule has 1 aromatic heterocycles. The molecule has 6 rings (SSSR count). The van der Waals surface area contributed by atoms with Crippen molar-refractivity contribution in [3.05, 3.63) is 48.5 Å². The fourth-order valence-corrected chi connectivity index (χ4v) is 6.02. The summed E-state index contributed by atoms with van der Waals surface area (Å²) in [6, 6.07) is 12.3. The number of carbonyl (C=O) groups excluding carboxylic acids is 1. The molecule has 1 saturated carbocycles. The summed E-state index contributed by atoms with van der Waals surface area (Å²) < 4.78 is 26.0. The number of piperidine rings is 2. The average Bonchev–Trinajstić information content (AvgIpc) is 2.87. The molecule has 3 saturated heterocycles. The molecule has 192 valence electrons. The summed E-state index contributed by atoms with van der Waals surface area (Å²) in [5.74, 6) is 0.226. The van der Waals surface area contributed by atoms with Crippen molar-refractivity contribution in [3.8, 4) is 5.75 Å². The summed E-state index contributed by atoms with van der Waals surface area (Å²) in [4.78, 5) is 22.8. The number of anilines is 2. The first-order chi connectivity index (χ1) is 17.6. The smallest absolute Gasteiger partial charge is 0.253 e. The van der Waals surface area contributed by atoms with Gasteiger partial charge in [-0.25, -0.2) is 4.98 Å². The lowest BCUT2D eigenvalue weighted by Gasteiger charge is -2.47. The summed E-state index contributed by atoms with van der Waals surface area (Å²) in [6.07, 6.45) is 9.68. The summed E-state index contributed by atoms with van der Waals surface area (Å²) >= 11 is 0. The minimum absolute atomic E-state index is 0.0234. The molecule has 4 aliphatic rings. The highest BCUT2D eigenvalue weighted by atomic mass is 19.1. The number of rotatable bonds is 5. The number of ether oxygens (including phenoxy) is 2. The topological polar surface area (TPSA) is 58.1 Å². The molecule has 4 heterocycles. The van der Waals surface area contributed by atoms with E-state index in [1.54, 1.807) is 11.0 Å². The molecular formula is C28H35FN4O3. The Balaban J connectivity index is 1.02. The van der Waals surface area contributed by atoms with E-state index in [4.69, 9.17) is 9.47 Å². The Hall–Kier alpha value is -2.71. The Morgan fingerprint density at radius 2 is 1.72 bits per heavy atom. The Morgan fingerprint density at radius 3 is 2.39 bits per heavy atom. The highest BCUT2D eigenvalue weighted by Gasteiger charge is 2.43. The van der Waals surface area contributed by atoms with E-state index in [9.17, 15) is 9.18 Å². The third kappa shape index (κ3) is 4.93. The first-order valence-corrected chi connectivity index (χ1v) is 13.4. The molecule has 1 amide bonds. The largest absolute Gasteiger partial charge is 0.490 e. The molecule has 8 heteroatoms. The number of likely N-dealkylation sites (tertiary alicyclic amines) is 1. The highest BCUT2D eigenvalue weighted by molar-refractivity contribution is 5.95. The number of carbonyl (C=O) groups is 1. The molecule has 0 bridgehead atoms. The zero-order chi connectivity index (χ0) is 24.5. The zero-order valence-electron chi connectivity index (χ0n) is 20.8. The van der Waals surface area contributed by atoms with Gasteiger partial charge in [0, 0.05) is 55.9 Å². The number of hydrogen-bond donors (Lipinski definition) is 0. The predicted molar refractivity (Wildman–Crippen MR) is 136 cm³/mol. The van der Waals surface area contributed by atoms with Crippen LogP contribution in [0.25, 0.3) is 0 Å². The molecule has 3 aliphatic heterocycles. The van der Waals surface area contributed by atoms with Crippen LogP contribution in [-0.4, -0.2) is 72.9 Å². The Morgan fingerprint density at radius 1 is 0.972 bits per heavy atom. The first-order valence-electron chi connectivity index (χ1n) is 13.4.